The van der Waals surface area contributed by atoms with E-state index in [1.807, 2.05) is 0 Å². The van der Waals surface area contributed by atoms with Crippen LogP contribution in [0.15, 0.2) is 18.3 Å². The highest BCUT2D eigenvalue weighted by atomic mass is 16.5. The molecule has 0 bridgehead atoms. The van der Waals surface area contributed by atoms with Gasteiger partial charge >= 0.3 is 5.97 Å². The molecule has 0 spiro atoms. The Labute approximate surface area is 117 Å². The predicted octanol–water partition coefficient (Wildman–Crippen LogP) is 1.28. The molecule has 0 aromatic carbocycles. The van der Waals surface area contributed by atoms with E-state index in [2.05, 4.69) is 4.98 Å². The number of nitrogens with zero attached hydrogens (tertiary/aromatic N) is 2. The fourth-order valence-corrected chi connectivity index (χ4v) is 1.77. The number of amides is 1. The van der Waals surface area contributed by atoms with Gasteiger partial charge in [0.2, 0.25) is 0 Å². The van der Waals surface area contributed by atoms with E-state index in [9.17, 15) is 9.59 Å². The molecule has 20 heavy (non-hydrogen) atoms. The first kappa shape index (κ1) is 14.5. The molecule has 0 aliphatic heterocycles. The third-order valence-electron chi connectivity index (χ3n) is 3.21. The van der Waals surface area contributed by atoms with Gasteiger partial charge in [-0.15, -0.1) is 0 Å². The molecule has 2 rings (SSSR count). The average Bonchev–Trinajstić information content (AvgIpc) is 3.26. The first-order valence-corrected chi connectivity index (χ1v) is 6.61. The normalized spacial score (nSPS) is 14.1. The maximum atomic E-state index is 12.2. The summed E-state index contributed by atoms with van der Waals surface area (Å²) in [6.07, 6.45) is 3.87. The maximum absolute atomic E-state index is 12.2. The number of pyridine rings is 1. The van der Waals surface area contributed by atoms with Gasteiger partial charge in [0.1, 0.15) is 5.69 Å². The van der Waals surface area contributed by atoms with Crippen molar-refractivity contribution in [3.05, 3.63) is 29.6 Å². The predicted molar refractivity (Wildman–Crippen MR) is 71.7 cm³/mol. The standard InChI is InChI=1S/C14H18N2O4/c1-16(7-8-20-9-10-4-5-10)13(17)12-11(14(18)19)3-2-6-15-12/h2-3,6,10H,4-5,7-9H2,1H3,(H,18,19). The lowest BCUT2D eigenvalue weighted by Crippen LogP contribution is -2.32. The number of hydrogen-bond acceptors (Lipinski definition) is 4. The second-order valence-electron chi connectivity index (χ2n) is 4.95. The van der Waals surface area contributed by atoms with Gasteiger partial charge in [0.05, 0.1) is 12.2 Å². The van der Waals surface area contributed by atoms with Crippen molar-refractivity contribution in [2.45, 2.75) is 12.8 Å². The van der Waals surface area contributed by atoms with Crippen LogP contribution < -0.4 is 0 Å². The number of aromatic nitrogens is 1. The summed E-state index contributed by atoms with van der Waals surface area (Å²) in [6.45, 7) is 1.61. The Morgan fingerprint density at radius 3 is 2.90 bits per heavy atom. The second-order valence-corrected chi connectivity index (χ2v) is 4.95. The lowest BCUT2D eigenvalue weighted by atomic mass is 10.2. The fourth-order valence-electron chi connectivity index (χ4n) is 1.77. The van der Waals surface area contributed by atoms with Crippen LogP contribution in [0.25, 0.3) is 0 Å². The van der Waals surface area contributed by atoms with Crippen molar-refractivity contribution >= 4 is 11.9 Å². The molecule has 0 radical (unpaired) electrons. The molecule has 6 nitrogen and oxygen atoms in total. The fraction of sp³-hybridized carbons (Fsp3) is 0.500. The molecule has 1 heterocycles. The van der Waals surface area contributed by atoms with Crippen LogP contribution >= 0.6 is 0 Å². The highest BCUT2D eigenvalue weighted by Crippen LogP contribution is 2.28. The average molecular weight is 278 g/mol. The molecule has 108 valence electrons. The quantitative estimate of drug-likeness (QED) is 0.760. The number of rotatable bonds is 7. The molecule has 1 aromatic rings. The van der Waals surface area contributed by atoms with Gasteiger partial charge in [0.15, 0.2) is 0 Å². The van der Waals surface area contributed by atoms with E-state index in [4.69, 9.17) is 9.84 Å². The van der Waals surface area contributed by atoms with Crippen LogP contribution in [0, 0.1) is 5.92 Å². The minimum atomic E-state index is -1.15. The number of carboxylic acid groups (broad SMARTS) is 1. The number of ether oxygens (including phenoxy) is 1. The van der Waals surface area contributed by atoms with Gasteiger partial charge in [0.25, 0.3) is 5.91 Å². The molecule has 1 aliphatic carbocycles. The Hall–Kier alpha value is -1.95. The van der Waals surface area contributed by atoms with Crippen LogP contribution in [0.5, 0.6) is 0 Å². The van der Waals surface area contributed by atoms with Gasteiger partial charge in [-0.05, 0) is 30.9 Å². The van der Waals surface area contributed by atoms with E-state index in [0.717, 1.165) is 6.61 Å². The third kappa shape index (κ3) is 3.77. The summed E-state index contributed by atoms with van der Waals surface area (Å²) >= 11 is 0. The summed E-state index contributed by atoms with van der Waals surface area (Å²) in [5.74, 6) is -0.872. The zero-order chi connectivity index (χ0) is 14.5. The zero-order valence-electron chi connectivity index (χ0n) is 11.4. The summed E-state index contributed by atoms with van der Waals surface area (Å²) in [5, 5.41) is 9.04. The first-order valence-electron chi connectivity index (χ1n) is 6.61. The molecule has 1 N–H and O–H groups in total. The van der Waals surface area contributed by atoms with Crippen molar-refractivity contribution in [1.29, 1.82) is 0 Å². The molecular formula is C14H18N2O4. The number of carbonyl (C=O) groups is 2. The van der Waals surface area contributed by atoms with Crippen molar-refractivity contribution in [2.24, 2.45) is 5.92 Å². The topological polar surface area (TPSA) is 79.7 Å². The lowest BCUT2D eigenvalue weighted by Gasteiger charge is -2.17. The Kier molecular flexibility index (Phi) is 4.68. The lowest BCUT2D eigenvalue weighted by molar-refractivity contribution is 0.0646. The van der Waals surface area contributed by atoms with Crippen molar-refractivity contribution in [3.63, 3.8) is 0 Å². The molecule has 0 atom stereocenters. The molecule has 1 amide bonds. The van der Waals surface area contributed by atoms with E-state index in [1.165, 1.54) is 36.1 Å². The Morgan fingerprint density at radius 2 is 2.25 bits per heavy atom. The van der Waals surface area contributed by atoms with Crippen LogP contribution in [0.2, 0.25) is 0 Å². The number of aromatic carboxylic acids is 1. The molecule has 1 fully saturated rings. The Balaban J connectivity index is 1.90. The highest BCUT2D eigenvalue weighted by Gasteiger charge is 2.22. The smallest absolute Gasteiger partial charge is 0.338 e. The maximum Gasteiger partial charge on any atom is 0.338 e. The van der Waals surface area contributed by atoms with E-state index < -0.39 is 11.9 Å². The summed E-state index contributed by atoms with van der Waals surface area (Å²) < 4.78 is 5.46. The summed E-state index contributed by atoms with van der Waals surface area (Å²) in [6, 6.07) is 2.87. The van der Waals surface area contributed by atoms with Gasteiger partial charge in [-0.1, -0.05) is 0 Å². The monoisotopic (exact) mass is 278 g/mol. The summed E-state index contributed by atoms with van der Waals surface area (Å²) in [7, 11) is 1.61. The molecule has 0 saturated heterocycles. The van der Waals surface area contributed by atoms with E-state index in [1.54, 1.807) is 7.05 Å². The minimum absolute atomic E-state index is 0.0373. The van der Waals surface area contributed by atoms with E-state index in [0.29, 0.717) is 19.1 Å². The van der Waals surface area contributed by atoms with Gasteiger partial charge in [0, 0.05) is 26.4 Å². The van der Waals surface area contributed by atoms with Crippen molar-refractivity contribution in [2.75, 3.05) is 26.8 Å². The molecular weight excluding hydrogens is 260 g/mol. The van der Waals surface area contributed by atoms with Crippen molar-refractivity contribution in [1.82, 2.24) is 9.88 Å². The number of likely N-dealkylation sites (N-methyl/N-ethyl adjacent to an activating group) is 1. The minimum Gasteiger partial charge on any atom is -0.478 e. The second kappa shape index (κ2) is 6.47. The SMILES string of the molecule is CN(CCOCC1CC1)C(=O)c1ncccc1C(=O)O. The highest BCUT2D eigenvalue weighted by molar-refractivity contribution is 6.03. The van der Waals surface area contributed by atoms with Crippen molar-refractivity contribution in [3.8, 4) is 0 Å². The number of carbonyl (C=O) groups excluding carboxylic acids is 1. The third-order valence-corrected chi connectivity index (χ3v) is 3.21. The molecule has 6 heteroatoms. The largest absolute Gasteiger partial charge is 0.478 e. The summed E-state index contributed by atoms with van der Waals surface area (Å²) in [4.78, 5) is 28.5. The van der Waals surface area contributed by atoms with Crippen LogP contribution in [0.3, 0.4) is 0 Å². The number of carboxylic acids is 1. The van der Waals surface area contributed by atoms with Crippen LogP contribution in [-0.2, 0) is 4.74 Å². The first-order chi connectivity index (χ1) is 9.59. The Bertz CT molecular complexity index is 500. The van der Waals surface area contributed by atoms with E-state index >= 15 is 0 Å². The molecule has 1 aromatic heterocycles. The zero-order valence-corrected chi connectivity index (χ0v) is 11.4. The molecule has 1 saturated carbocycles. The Morgan fingerprint density at radius 1 is 1.50 bits per heavy atom. The molecule has 0 unspecified atom stereocenters. The van der Waals surface area contributed by atoms with Gasteiger partial charge in [-0.2, -0.15) is 0 Å². The van der Waals surface area contributed by atoms with Gasteiger partial charge < -0.3 is 14.7 Å². The van der Waals surface area contributed by atoms with Crippen LogP contribution in [0.1, 0.15) is 33.7 Å². The summed E-state index contributed by atoms with van der Waals surface area (Å²) in [5.41, 5.74) is -0.118. The molecule has 1 aliphatic rings. The van der Waals surface area contributed by atoms with Gasteiger partial charge in [-0.3, -0.25) is 9.78 Å². The number of hydrogen-bond donors (Lipinski definition) is 1. The van der Waals surface area contributed by atoms with Crippen LogP contribution in [-0.4, -0.2) is 53.7 Å². The van der Waals surface area contributed by atoms with Crippen LogP contribution in [0.4, 0.5) is 0 Å². The van der Waals surface area contributed by atoms with Gasteiger partial charge in [-0.25, -0.2) is 4.79 Å². The van der Waals surface area contributed by atoms with E-state index in [-0.39, 0.29) is 11.3 Å². The van der Waals surface area contributed by atoms with Crippen molar-refractivity contribution < 1.29 is 19.4 Å².